The quantitative estimate of drug-likeness (QED) is 0.846. The minimum Gasteiger partial charge on any atom is -0.356 e. The maximum atomic E-state index is 5.36. The molecule has 1 N–H and O–H groups in total. The van der Waals surface area contributed by atoms with Crippen LogP contribution in [-0.2, 0) is 13.0 Å². The maximum absolute atomic E-state index is 5.36. The summed E-state index contributed by atoms with van der Waals surface area (Å²) in [6.45, 7) is 6.03. The molecule has 0 aliphatic carbocycles. The second-order valence-electron chi connectivity index (χ2n) is 4.41. The molecule has 18 heavy (non-hydrogen) atoms. The van der Waals surface area contributed by atoms with Crippen LogP contribution < -0.4 is 5.32 Å². The van der Waals surface area contributed by atoms with E-state index in [2.05, 4.69) is 48.6 Å². The van der Waals surface area contributed by atoms with E-state index >= 15 is 0 Å². The Kier molecular flexibility index (Phi) is 4.53. The van der Waals surface area contributed by atoms with Crippen LogP contribution in [-0.4, -0.2) is 11.7 Å². The third-order valence-electron chi connectivity index (χ3n) is 2.96. The van der Waals surface area contributed by atoms with Crippen LogP contribution in [0.5, 0.6) is 0 Å². The predicted molar refractivity (Wildman–Crippen MR) is 73.3 cm³/mol. The largest absolute Gasteiger partial charge is 0.356 e. The van der Waals surface area contributed by atoms with E-state index in [4.69, 9.17) is 4.52 Å². The van der Waals surface area contributed by atoms with Gasteiger partial charge < -0.3 is 9.84 Å². The van der Waals surface area contributed by atoms with Crippen LogP contribution in [0.3, 0.4) is 0 Å². The maximum Gasteiger partial charge on any atom is 0.171 e. The molecule has 0 spiro atoms. The van der Waals surface area contributed by atoms with Crippen molar-refractivity contribution in [3.05, 3.63) is 41.6 Å². The summed E-state index contributed by atoms with van der Waals surface area (Å²) in [7, 11) is 0. The molecule has 1 aromatic carbocycles. The number of hydrogen-bond donors (Lipinski definition) is 1. The molecular weight excluding hydrogens is 224 g/mol. The molecule has 1 aromatic heterocycles. The van der Waals surface area contributed by atoms with E-state index in [9.17, 15) is 0 Å². The van der Waals surface area contributed by atoms with Crippen molar-refractivity contribution in [2.75, 3.05) is 6.54 Å². The molecule has 0 aliphatic heterocycles. The van der Waals surface area contributed by atoms with E-state index in [1.807, 2.05) is 0 Å². The Morgan fingerprint density at radius 1 is 1.17 bits per heavy atom. The lowest BCUT2D eigenvalue weighted by Gasteiger charge is -2.03. The summed E-state index contributed by atoms with van der Waals surface area (Å²) in [5.74, 6) is 0.874. The molecule has 0 saturated heterocycles. The van der Waals surface area contributed by atoms with Crippen LogP contribution in [0.4, 0.5) is 0 Å². The van der Waals surface area contributed by atoms with Gasteiger partial charge in [-0.05, 0) is 18.5 Å². The highest BCUT2D eigenvalue weighted by atomic mass is 16.5. The molecule has 0 unspecified atom stereocenters. The van der Waals surface area contributed by atoms with E-state index < -0.39 is 0 Å². The fraction of sp³-hybridized carbons (Fsp3) is 0.400. The van der Waals surface area contributed by atoms with E-state index in [0.717, 1.165) is 36.4 Å². The van der Waals surface area contributed by atoms with Crippen LogP contribution in [0.1, 0.15) is 31.4 Å². The summed E-state index contributed by atoms with van der Waals surface area (Å²) < 4.78 is 5.36. The van der Waals surface area contributed by atoms with Crippen molar-refractivity contribution >= 4 is 0 Å². The fourth-order valence-corrected chi connectivity index (χ4v) is 2.00. The summed E-state index contributed by atoms with van der Waals surface area (Å²) in [5, 5.41) is 7.19. The number of rotatable bonds is 6. The van der Waals surface area contributed by atoms with Crippen molar-refractivity contribution in [1.29, 1.82) is 0 Å². The Morgan fingerprint density at radius 3 is 2.61 bits per heavy atom. The number of nitrogens with one attached hydrogen (secondary N) is 1. The molecule has 0 aliphatic rings. The monoisotopic (exact) mass is 244 g/mol. The molecule has 2 aromatic rings. The van der Waals surface area contributed by atoms with Gasteiger partial charge in [-0.2, -0.15) is 0 Å². The van der Waals surface area contributed by atoms with E-state index in [1.54, 1.807) is 6.20 Å². The number of benzene rings is 1. The van der Waals surface area contributed by atoms with Crippen molar-refractivity contribution < 1.29 is 4.52 Å². The van der Waals surface area contributed by atoms with Crippen molar-refractivity contribution in [3.8, 4) is 11.3 Å². The average Bonchev–Trinajstić information content (AvgIpc) is 2.86. The van der Waals surface area contributed by atoms with Crippen LogP contribution in [0.15, 0.2) is 35.0 Å². The molecule has 0 fully saturated rings. The molecule has 3 nitrogen and oxygen atoms in total. The minimum absolute atomic E-state index is 0.798. The third-order valence-corrected chi connectivity index (χ3v) is 2.96. The molecule has 0 bridgehead atoms. The Labute approximate surface area is 108 Å². The first-order valence-corrected chi connectivity index (χ1v) is 6.58. The molecule has 0 atom stereocenters. The normalized spacial score (nSPS) is 10.8. The SMILES string of the molecule is CCCc1ccc(-c2oncc2CNCC)cc1. The second-order valence-corrected chi connectivity index (χ2v) is 4.41. The first-order valence-electron chi connectivity index (χ1n) is 6.58. The molecule has 96 valence electrons. The van der Waals surface area contributed by atoms with Crippen LogP contribution in [0, 0.1) is 0 Å². The Balaban J connectivity index is 2.17. The zero-order chi connectivity index (χ0) is 12.8. The Morgan fingerprint density at radius 2 is 1.94 bits per heavy atom. The first kappa shape index (κ1) is 12.8. The fourth-order valence-electron chi connectivity index (χ4n) is 2.00. The zero-order valence-electron chi connectivity index (χ0n) is 11.1. The van der Waals surface area contributed by atoms with Crippen molar-refractivity contribution in [2.24, 2.45) is 0 Å². The number of nitrogens with zero attached hydrogens (tertiary/aromatic N) is 1. The summed E-state index contributed by atoms with van der Waals surface area (Å²) in [4.78, 5) is 0. The third kappa shape index (κ3) is 2.99. The van der Waals surface area contributed by atoms with Gasteiger partial charge in [-0.3, -0.25) is 0 Å². The van der Waals surface area contributed by atoms with Gasteiger partial charge in [0.25, 0.3) is 0 Å². The summed E-state index contributed by atoms with van der Waals surface area (Å²) >= 11 is 0. The van der Waals surface area contributed by atoms with Crippen LogP contribution >= 0.6 is 0 Å². The van der Waals surface area contributed by atoms with Crippen molar-refractivity contribution in [3.63, 3.8) is 0 Å². The number of hydrogen-bond acceptors (Lipinski definition) is 3. The van der Waals surface area contributed by atoms with Gasteiger partial charge in [0.1, 0.15) is 0 Å². The Hall–Kier alpha value is -1.61. The van der Waals surface area contributed by atoms with Gasteiger partial charge in [0.15, 0.2) is 5.76 Å². The lowest BCUT2D eigenvalue weighted by molar-refractivity contribution is 0.431. The van der Waals surface area contributed by atoms with Gasteiger partial charge in [0, 0.05) is 17.7 Å². The Bertz CT molecular complexity index is 473. The van der Waals surface area contributed by atoms with Gasteiger partial charge in [-0.15, -0.1) is 0 Å². The van der Waals surface area contributed by atoms with E-state index in [0.29, 0.717) is 0 Å². The highest BCUT2D eigenvalue weighted by Gasteiger charge is 2.09. The number of aromatic nitrogens is 1. The van der Waals surface area contributed by atoms with Crippen LogP contribution in [0.25, 0.3) is 11.3 Å². The molecule has 1 heterocycles. The number of aryl methyl sites for hydroxylation is 1. The lowest BCUT2D eigenvalue weighted by Crippen LogP contribution is -2.11. The zero-order valence-corrected chi connectivity index (χ0v) is 11.1. The van der Waals surface area contributed by atoms with Crippen molar-refractivity contribution in [2.45, 2.75) is 33.2 Å². The molecule has 2 rings (SSSR count). The lowest BCUT2D eigenvalue weighted by atomic mass is 10.0. The molecule has 0 radical (unpaired) electrons. The highest BCUT2D eigenvalue weighted by Crippen LogP contribution is 2.24. The second kappa shape index (κ2) is 6.36. The van der Waals surface area contributed by atoms with Gasteiger partial charge >= 0.3 is 0 Å². The van der Waals surface area contributed by atoms with Gasteiger partial charge in [0.05, 0.1) is 6.20 Å². The highest BCUT2D eigenvalue weighted by molar-refractivity contribution is 5.61. The minimum atomic E-state index is 0.798. The smallest absolute Gasteiger partial charge is 0.171 e. The molecule has 0 amide bonds. The molecule has 3 heteroatoms. The van der Waals surface area contributed by atoms with Gasteiger partial charge in [-0.1, -0.05) is 49.7 Å². The standard InChI is InChI=1S/C15H20N2O/c1-3-5-12-6-8-13(9-7-12)15-14(10-16-4-2)11-17-18-15/h6-9,11,16H,3-5,10H2,1-2H3. The summed E-state index contributed by atoms with van der Waals surface area (Å²) in [5.41, 5.74) is 3.58. The topological polar surface area (TPSA) is 38.1 Å². The van der Waals surface area contributed by atoms with E-state index in [-0.39, 0.29) is 0 Å². The summed E-state index contributed by atoms with van der Waals surface area (Å²) in [6.07, 6.45) is 4.09. The van der Waals surface area contributed by atoms with Crippen molar-refractivity contribution in [1.82, 2.24) is 10.5 Å². The first-order chi connectivity index (χ1) is 8.85. The van der Waals surface area contributed by atoms with Gasteiger partial charge in [-0.25, -0.2) is 0 Å². The van der Waals surface area contributed by atoms with Crippen LogP contribution in [0.2, 0.25) is 0 Å². The van der Waals surface area contributed by atoms with E-state index in [1.165, 1.54) is 12.0 Å². The summed E-state index contributed by atoms with van der Waals surface area (Å²) in [6, 6.07) is 8.55. The molecular formula is C15H20N2O. The predicted octanol–water partition coefficient (Wildman–Crippen LogP) is 3.40. The molecule has 0 saturated carbocycles. The average molecular weight is 244 g/mol. The van der Waals surface area contributed by atoms with Gasteiger partial charge in [0.2, 0.25) is 0 Å².